The second-order valence-electron chi connectivity index (χ2n) is 4.36. The minimum Gasteiger partial charge on any atom is -0.310 e. The number of thioether (sulfide) groups is 1. The highest BCUT2D eigenvalue weighted by atomic mass is 32.2. The number of nitrogens with one attached hydrogen (secondary N) is 1. The average Bonchev–Trinajstić information content (AvgIpc) is 3.12. The molecule has 1 aromatic rings. The Morgan fingerprint density at radius 1 is 1.44 bits per heavy atom. The van der Waals surface area contributed by atoms with E-state index in [-0.39, 0.29) is 0 Å². The fourth-order valence-electron chi connectivity index (χ4n) is 1.50. The molecule has 1 saturated carbocycles. The maximum Gasteiger partial charge on any atom is 0.0243 e. The van der Waals surface area contributed by atoms with E-state index in [0.717, 1.165) is 12.6 Å². The van der Waals surface area contributed by atoms with Crippen LogP contribution < -0.4 is 5.32 Å². The van der Waals surface area contributed by atoms with Crippen LogP contribution in [0.1, 0.15) is 25.3 Å². The molecule has 0 spiro atoms. The third-order valence-electron chi connectivity index (χ3n) is 2.75. The van der Waals surface area contributed by atoms with Crippen molar-refractivity contribution in [1.82, 2.24) is 5.32 Å². The summed E-state index contributed by atoms with van der Waals surface area (Å²) < 4.78 is 0. The first kappa shape index (κ1) is 11.7. The van der Waals surface area contributed by atoms with Crippen molar-refractivity contribution in [2.24, 2.45) is 0 Å². The van der Waals surface area contributed by atoms with E-state index in [9.17, 15) is 0 Å². The molecule has 2 heteroatoms. The lowest BCUT2D eigenvalue weighted by atomic mass is 10.2. The van der Waals surface area contributed by atoms with Crippen molar-refractivity contribution >= 4 is 11.8 Å². The van der Waals surface area contributed by atoms with Gasteiger partial charge >= 0.3 is 0 Å². The SMILES string of the molecule is C=CC(C)Sc1ccc(CNC2CC2)cc1. The Kier molecular flexibility index (Phi) is 4.08. The van der Waals surface area contributed by atoms with Crippen molar-refractivity contribution in [1.29, 1.82) is 0 Å². The van der Waals surface area contributed by atoms with Crippen molar-refractivity contribution in [2.75, 3.05) is 0 Å². The minimum atomic E-state index is 0.482. The Balaban J connectivity index is 1.85. The van der Waals surface area contributed by atoms with Gasteiger partial charge in [0.05, 0.1) is 0 Å². The van der Waals surface area contributed by atoms with Gasteiger partial charge in [0.25, 0.3) is 0 Å². The fraction of sp³-hybridized carbons (Fsp3) is 0.429. The first-order valence-corrected chi connectivity index (χ1v) is 6.77. The van der Waals surface area contributed by atoms with Gasteiger partial charge in [0.15, 0.2) is 0 Å². The molecule has 16 heavy (non-hydrogen) atoms. The van der Waals surface area contributed by atoms with Crippen LogP contribution in [0, 0.1) is 0 Å². The van der Waals surface area contributed by atoms with E-state index in [0.29, 0.717) is 5.25 Å². The predicted octanol–water partition coefficient (Wildman–Crippen LogP) is 3.61. The molecular formula is C14H19NS. The summed E-state index contributed by atoms with van der Waals surface area (Å²) in [6, 6.07) is 9.62. The molecule has 0 amide bonds. The molecule has 1 nitrogen and oxygen atoms in total. The quantitative estimate of drug-likeness (QED) is 0.595. The summed E-state index contributed by atoms with van der Waals surface area (Å²) in [5.41, 5.74) is 1.38. The van der Waals surface area contributed by atoms with Gasteiger partial charge in [0.1, 0.15) is 0 Å². The van der Waals surface area contributed by atoms with Crippen LogP contribution in [0.2, 0.25) is 0 Å². The first-order valence-electron chi connectivity index (χ1n) is 5.89. The van der Waals surface area contributed by atoms with E-state index in [4.69, 9.17) is 0 Å². The highest BCUT2D eigenvalue weighted by Crippen LogP contribution is 2.24. The van der Waals surface area contributed by atoms with Crippen LogP contribution in [0.5, 0.6) is 0 Å². The third-order valence-corrected chi connectivity index (χ3v) is 3.86. The lowest BCUT2D eigenvalue weighted by Crippen LogP contribution is -2.14. The largest absolute Gasteiger partial charge is 0.310 e. The zero-order valence-electron chi connectivity index (χ0n) is 9.78. The number of hydrogen-bond donors (Lipinski definition) is 1. The molecule has 1 aromatic carbocycles. The summed E-state index contributed by atoms with van der Waals surface area (Å²) in [7, 11) is 0. The zero-order valence-corrected chi connectivity index (χ0v) is 10.6. The van der Waals surface area contributed by atoms with Gasteiger partial charge in [-0.25, -0.2) is 0 Å². The maximum atomic E-state index is 3.80. The molecule has 0 bridgehead atoms. The molecule has 0 aromatic heterocycles. The Morgan fingerprint density at radius 3 is 2.69 bits per heavy atom. The summed E-state index contributed by atoms with van der Waals surface area (Å²) in [6.45, 7) is 6.97. The molecule has 1 N–H and O–H groups in total. The van der Waals surface area contributed by atoms with Crippen molar-refractivity contribution in [3.05, 3.63) is 42.5 Å². The summed E-state index contributed by atoms with van der Waals surface area (Å²) in [5, 5.41) is 4.00. The molecular weight excluding hydrogens is 214 g/mol. The maximum absolute atomic E-state index is 3.80. The lowest BCUT2D eigenvalue weighted by Gasteiger charge is -2.07. The highest BCUT2D eigenvalue weighted by molar-refractivity contribution is 8.00. The van der Waals surface area contributed by atoms with Gasteiger partial charge in [-0.3, -0.25) is 0 Å². The summed E-state index contributed by atoms with van der Waals surface area (Å²) >= 11 is 1.85. The molecule has 1 aliphatic rings. The van der Waals surface area contributed by atoms with E-state index < -0.39 is 0 Å². The van der Waals surface area contributed by atoms with Gasteiger partial charge in [0, 0.05) is 22.7 Å². The van der Waals surface area contributed by atoms with Crippen molar-refractivity contribution < 1.29 is 0 Å². The smallest absolute Gasteiger partial charge is 0.0243 e. The fourth-order valence-corrected chi connectivity index (χ4v) is 2.32. The Bertz CT molecular complexity index is 340. The number of rotatable bonds is 6. The normalized spacial score (nSPS) is 17.1. The number of hydrogen-bond acceptors (Lipinski definition) is 2. The topological polar surface area (TPSA) is 12.0 Å². The second-order valence-corrected chi connectivity index (χ2v) is 5.81. The van der Waals surface area contributed by atoms with Crippen molar-refractivity contribution in [3.8, 4) is 0 Å². The summed E-state index contributed by atoms with van der Waals surface area (Å²) in [5.74, 6) is 0. The Labute approximate surface area is 102 Å². The van der Waals surface area contributed by atoms with Crippen LogP contribution >= 0.6 is 11.8 Å². The average molecular weight is 233 g/mol. The van der Waals surface area contributed by atoms with Gasteiger partial charge in [0.2, 0.25) is 0 Å². The molecule has 0 aliphatic heterocycles. The van der Waals surface area contributed by atoms with Crippen LogP contribution in [0.15, 0.2) is 41.8 Å². The van der Waals surface area contributed by atoms with Gasteiger partial charge in [-0.2, -0.15) is 0 Å². The monoisotopic (exact) mass is 233 g/mol. The van der Waals surface area contributed by atoms with Crippen LogP contribution in [0.4, 0.5) is 0 Å². The molecule has 1 fully saturated rings. The third kappa shape index (κ3) is 3.69. The van der Waals surface area contributed by atoms with Crippen LogP contribution in [-0.4, -0.2) is 11.3 Å². The van der Waals surface area contributed by atoms with Crippen LogP contribution in [-0.2, 0) is 6.54 Å². The van der Waals surface area contributed by atoms with E-state index in [1.807, 2.05) is 17.8 Å². The number of benzene rings is 1. The molecule has 86 valence electrons. The van der Waals surface area contributed by atoms with Crippen LogP contribution in [0.3, 0.4) is 0 Å². The second kappa shape index (κ2) is 5.55. The zero-order chi connectivity index (χ0) is 11.4. The highest BCUT2D eigenvalue weighted by Gasteiger charge is 2.19. The molecule has 0 radical (unpaired) electrons. The van der Waals surface area contributed by atoms with E-state index in [2.05, 4.69) is 43.1 Å². The Hall–Kier alpha value is -0.730. The molecule has 0 heterocycles. The summed E-state index contributed by atoms with van der Waals surface area (Å²) in [4.78, 5) is 1.32. The van der Waals surface area contributed by atoms with Crippen molar-refractivity contribution in [2.45, 2.75) is 42.5 Å². The van der Waals surface area contributed by atoms with Gasteiger partial charge in [-0.05, 0) is 37.5 Å². The predicted molar refractivity (Wildman–Crippen MR) is 71.8 cm³/mol. The molecule has 1 unspecified atom stereocenters. The van der Waals surface area contributed by atoms with E-state index in [1.165, 1.54) is 23.3 Å². The molecule has 0 saturated heterocycles. The molecule has 1 aliphatic carbocycles. The minimum absolute atomic E-state index is 0.482. The van der Waals surface area contributed by atoms with Crippen LogP contribution in [0.25, 0.3) is 0 Å². The standard InChI is InChI=1S/C14H19NS/c1-3-11(2)16-14-8-4-12(5-9-14)10-15-13-6-7-13/h3-5,8-9,11,13,15H,1,6-7,10H2,2H3. The van der Waals surface area contributed by atoms with Crippen molar-refractivity contribution in [3.63, 3.8) is 0 Å². The molecule has 2 rings (SSSR count). The first-order chi connectivity index (χ1) is 7.78. The molecule has 1 atom stereocenters. The van der Waals surface area contributed by atoms with Gasteiger partial charge in [-0.15, -0.1) is 18.3 Å². The van der Waals surface area contributed by atoms with E-state index in [1.54, 1.807) is 0 Å². The van der Waals surface area contributed by atoms with Gasteiger partial charge in [-0.1, -0.05) is 18.2 Å². The summed E-state index contributed by atoms with van der Waals surface area (Å²) in [6.07, 6.45) is 4.68. The van der Waals surface area contributed by atoms with E-state index >= 15 is 0 Å². The Morgan fingerprint density at radius 2 is 2.12 bits per heavy atom. The lowest BCUT2D eigenvalue weighted by molar-refractivity contribution is 0.687. The van der Waals surface area contributed by atoms with Gasteiger partial charge < -0.3 is 5.32 Å².